The van der Waals surface area contributed by atoms with Crippen molar-refractivity contribution in [1.29, 1.82) is 0 Å². The largest absolute Gasteiger partial charge is 0.253 e. The van der Waals surface area contributed by atoms with Gasteiger partial charge in [0.1, 0.15) is 0 Å². The highest BCUT2D eigenvalue weighted by Gasteiger charge is 2.32. The van der Waals surface area contributed by atoms with E-state index in [9.17, 15) is 33.7 Å². The standard InChI is InChI=1S/C17H36O8S4/c1-3-5-7-9-11-14-26(18,19)28(22,23)16-13-17-29(24,25)27(20,21)15-12-10-8-6-4-2/h3-17H2,1-2H3. The van der Waals surface area contributed by atoms with Crippen LogP contribution >= 0.6 is 0 Å². The molecule has 0 spiro atoms. The maximum Gasteiger partial charge on any atom is 0.253 e. The molecule has 8 nitrogen and oxygen atoms in total. The smallest absolute Gasteiger partial charge is 0.213 e. The fourth-order valence-corrected chi connectivity index (χ4v) is 10.5. The zero-order chi connectivity index (χ0) is 22.6. The Balaban J connectivity index is 4.65. The third kappa shape index (κ3) is 10.6. The molecule has 0 saturated carbocycles. The van der Waals surface area contributed by atoms with Gasteiger partial charge in [0.05, 0.1) is 23.0 Å². The highest BCUT2D eigenvalue weighted by molar-refractivity contribution is 8.67. The fourth-order valence-electron chi connectivity index (χ4n) is 2.69. The molecule has 0 aliphatic rings. The van der Waals surface area contributed by atoms with Crippen LogP contribution in [0, 0.1) is 0 Å². The lowest BCUT2D eigenvalue weighted by atomic mass is 10.2. The van der Waals surface area contributed by atoms with E-state index in [1.54, 1.807) is 0 Å². The SMILES string of the molecule is CCCCCCCS(=O)(=O)S(=O)(=O)CCCS(=O)(=O)S(=O)(=O)CCCCCCC. The van der Waals surface area contributed by atoms with Gasteiger partial charge >= 0.3 is 0 Å². The third-order valence-corrected chi connectivity index (χ3v) is 15.9. The summed E-state index contributed by atoms with van der Waals surface area (Å²) in [6, 6.07) is 0. The van der Waals surface area contributed by atoms with E-state index in [1.807, 2.05) is 13.8 Å². The van der Waals surface area contributed by atoms with Crippen molar-refractivity contribution in [3.63, 3.8) is 0 Å². The van der Waals surface area contributed by atoms with Crippen molar-refractivity contribution < 1.29 is 33.7 Å². The summed E-state index contributed by atoms with van der Waals surface area (Å²) < 4.78 is 96.2. The second kappa shape index (κ2) is 13.3. The van der Waals surface area contributed by atoms with E-state index < -0.39 is 64.9 Å². The molecular weight excluding hydrogens is 460 g/mol. The van der Waals surface area contributed by atoms with Gasteiger partial charge in [-0.25, -0.2) is 33.7 Å². The van der Waals surface area contributed by atoms with Crippen LogP contribution in [0.3, 0.4) is 0 Å². The minimum atomic E-state index is -4.53. The summed E-state index contributed by atoms with van der Waals surface area (Å²) in [5, 5.41) is 0. The second-order valence-corrected chi connectivity index (χ2v) is 19.4. The van der Waals surface area contributed by atoms with Crippen molar-refractivity contribution in [2.75, 3.05) is 23.0 Å². The van der Waals surface area contributed by atoms with Gasteiger partial charge in [-0.3, -0.25) is 0 Å². The molecule has 0 radical (unpaired) electrons. The van der Waals surface area contributed by atoms with Gasteiger partial charge in [-0.1, -0.05) is 65.2 Å². The summed E-state index contributed by atoms with van der Waals surface area (Å²) in [7, 11) is -17.9. The molecule has 0 rings (SSSR count). The van der Waals surface area contributed by atoms with Crippen molar-refractivity contribution in [2.45, 2.75) is 84.5 Å². The molecule has 0 heterocycles. The van der Waals surface area contributed by atoms with Crippen molar-refractivity contribution >= 4 is 35.5 Å². The van der Waals surface area contributed by atoms with Crippen molar-refractivity contribution in [2.24, 2.45) is 0 Å². The van der Waals surface area contributed by atoms with E-state index >= 15 is 0 Å². The predicted octanol–water partition coefficient (Wildman–Crippen LogP) is 2.81. The summed E-state index contributed by atoms with van der Waals surface area (Å²) in [4.78, 5) is 0. The Morgan fingerprint density at radius 1 is 0.345 bits per heavy atom. The average Bonchev–Trinajstić information content (AvgIpc) is 2.60. The van der Waals surface area contributed by atoms with E-state index in [4.69, 9.17) is 0 Å². The molecule has 0 aromatic rings. The zero-order valence-electron chi connectivity index (χ0n) is 17.5. The monoisotopic (exact) mass is 496 g/mol. The highest BCUT2D eigenvalue weighted by atomic mass is 33.2. The number of rotatable bonds is 18. The van der Waals surface area contributed by atoms with Crippen LogP contribution in [0.2, 0.25) is 0 Å². The van der Waals surface area contributed by atoms with Crippen molar-refractivity contribution in [1.82, 2.24) is 0 Å². The summed E-state index contributed by atoms with van der Waals surface area (Å²) in [5.74, 6) is -2.78. The van der Waals surface area contributed by atoms with E-state index in [-0.39, 0.29) is 12.8 Å². The van der Waals surface area contributed by atoms with Crippen molar-refractivity contribution in [3.8, 4) is 0 Å². The molecule has 0 atom stereocenters. The normalized spacial score (nSPS) is 13.6. The maximum absolute atomic E-state index is 12.0. The lowest BCUT2D eigenvalue weighted by Crippen LogP contribution is -2.26. The topological polar surface area (TPSA) is 137 Å². The molecule has 0 amide bonds. The molecule has 0 N–H and O–H groups in total. The van der Waals surface area contributed by atoms with Crippen LogP contribution in [-0.2, 0) is 35.5 Å². The molecule has 0 saturated heterocycles. The van der Waals surface area contributed by atoms with Crippen LogP contribution in [0.4, 0.5) is 0 Å². The summed E-state index contributed by atoms with van der Waals surface area (Å²) in [5.41, 5.74) is 0. The Morgan fingerprint density at radius 2 is 0.586 bits per heavy atom. The molecule has 0 aromatic carbocycles. The van der Waals surface area contributed by atoms with E-state index in [0.29, 0.717) is 12.8 Å². The molecule has 176 valence electrons. The molecule has 0 aliphatic heterocycles. The molecule has 0 aliphatic carbocycles. The number of hydrogen-bond donors (Lipinski definition) is 0. The van der Waals surface area contributed by atoms with Gasteiger partial charge in [0, 0.05) is 0 Å². The Bertz CT molecular complexity index is 796. The minimum absolute atomic E-state index is 0.228. The predicted molar refractivity (Wildman–Crippen MR) is 117 cm³/mol. The van der Waals surface area contributed by atoms with E-state index in [0.717, 1.165) is 38.5 Å². The number of hydrogen-bond acceptors (Lipinski definition) is 8. The fraction of sp³-hybridized carbons (Fsp3) is 1.00. The van der Waals surface area contributed by atoms with Crippen LogP contribution in [0.1, 0.15) is 84.5 Å². The minimum Gasteiger partial charge on any atom is -0.213 e. The van der Waals surface area contributed by atoms with Gasteiger partial charge in [-0.15, -0.1) is 0 Å². The van der Waals surface area contributed by atoms with Crippen LogP contribution in [0.25, 0.3) is 0 Å². The van der Waals surface area contributed by atoms with Crippen molar-refractivity contribution in [3.05, 3.63) is 0 Å². The van der Waals surface area contributed by atoms with Gasteiger partial charge < -0.3 is 0 Å². The van der Waals surface area contributed by atoms with Crippen LogP contribution in [0.5, 0.6) is 0 Å². The van der Waals surface area contributed by atoms with Gasteiger partial charge in [-0.05, 0) is 19.3 Å². The first-order valence-electron chi connectivity index (χ1n) is 10.2. The Labute approximate surface area is 176 Å². The molecule has 0 bridgehead atoms. The Hall–Kier alpha value is -0.200. The van der Waals surface area contributed by atoms with Crippen LogP contribution < -0.4 is 0 Å². The van der Waals surface area contributed by atoms with Gasteiger partial charge in [0.2, 0.25) is 0 Å². The Kier molecular flexibility index (Phi) is 13.2. The molecule has 12 heteroatoms. The van der Waals surface area contributed by atoms with Crippen LogP contribution in [0.15, 0.2) is 0 Å². The highest BCUT2D eigenvalue weighted by Crippen LogP contribution is 2.15. The summed E-state index contributed by atoms with van der Waals surface area (Å²) >= 11 is 0. The summed E-state index contributed by atoms with van der Waals surface area (Å²) in [6.07, 6.45) is 6.58. The lowest BCUT2D eigenvalue weighted by molar-refractivity contribution is 0.574. The summed E-state index contributed by atoms with van der Waals surface area (Å²) in [6.45, 7) is 4.00. The second-order valence-electron chi connectivity index (χ2n) is 7.23. The van der Waals surface area contributed by atoms with E-state index in [2.05, 4.69) is 0 Å². The maximum atomic E-state index is 12.0. The van der Waals surface area contributed by atoms with E-state index in [1.165, 1.54) is 0 Å². The van der Waals surface area contributed by atoms with Gasteiger partial charge in [-0.2, -0.15) is 0 Å². The molecule has 29 heavy (non-hydrogen) atoms. The first-order valence-corrected chi connectivity index (χ1v) is 17.9. The Morgan fingerprint density at radius 3 is 0.862 bits per heavy atom. The molecule has 0 aromatic heterocycles. The average molecular weight is 497 g/mol. The first kappa shape index (κ1) is 28.8. The third-order valence-electron chi connectivity index (χ3n) is 4.56. The number of unbranched alkanes of at least 4 members (excludes halogenated alkanes) is 8. The van der Waals surface area contributed by atoms with Crippen LogP contribution in [-0.4, -0.2) is 56.7 Å². The molecule has 0 fully saturated rings. The quantitative estimate of drug-likeness (QED) is 0.209. The first-order chi connectivity index (χ1) is 13.3. The molecular formula is C17H36O8S4. The lowest BCUT2D eigenvalue weighted by Gasteiger charge is -2.08. The molecule has 0 unspecified atom stereocenters. The van der Waals surface area contributed by atoms with Gasteiger partial charge in [0.15, 0.2) is 0 Å². The van der Waals surface area contributed by atoms with Gasteiger partial charge in [0.25, 0.3) is 35.5 Å². The zero-order valence-corrected chi connectivity index (χ0v) is 20.8.